The highest BCUT2D eigenvalue weighted by atomic mass is 32.2. The molecule has 0 amide bonds. The summed E-state index contributed by atoms with van der Waals surface area (Å²) < 4.78 is 36.7. The summed E-state index contributed by atoms with van der Waals surface area (Å²) in [5.74, 6) is 0.453. The molecule has 0 spiro atoms. The molecule has 0 aliphatic rings. The van der Waals surface area contributed by atoms with Crippen LogP contribution in [0.15, 0.2) is 39.1 Å². The van der Waals surface area contributed by atoms with Gasteiger partial charge in [0.05, 0.1) is 22.2 Å². The number of hydrogen-bond acceptors (Lipinski definition) is 7. The molecule has 3 aromatic rings. The number of aromatic amines is 1. The lowest BCUT2D eigenvalue weighted by Gasteiger charge is -2.06. The van der Waals surface area contributed by atoms with Crippen molar-refractivity contribution in [3.8, 4) is 0 Å². The number of fused-ring (bicyclic) bond motifs is 1. The first-order valence-corrected chi connectivity index (χ1v) is 11.3. The molecule has 1 unspecified atom stereocenters. The van der Waals surface area contributed by atoms with Crippen molar-refractivity contribution >= 4 is 37.6 Å². The van der Waals surface area contributed by atoms with E-state index < -0.39 is 26.3 Å². The Labute approximate surface area is 158 Å². The number of nitrogen functional groups attached to an aromatic ring is 1. The monoisotopic (exact) mass is 409 g/mol. The summed E-state index contributed by atoms with van der Waals surface area (Å²) in [5.41, 5.74) is 6.72. The summed E-state index contributed by atoms with van der Waals surface area (Å²) in [6.45, 7) is 2.05. The van der Waals surface area contributed by atoms with Gasteiger partial charge >= 0.3 is 5.69 Å². The Morgan fingerprint density at radius 2 is 1.89 bits per heavy atom. The molecule has 1 atom stereocenters. The topological polar surface area (TPSA) is 141 Å². The lowest BCUT2D eigenvalue weighted by molar-refractivity contribution is 0.602. The quantitative estimate of drug-likeness (QED) is 0.570. The number of nitrogens with one attached hydrogen (secondary N) is 1. The van der Waals surface area contributed by atoms with Crippen molar-refractivity contribution < 1.29 is 12.6 Å². The molecule has 0 saturated heterocycles. The maximum Gasteiger partial charge on any atom is 0.328 e. The van der Waals surface area contributed by atoms with Crippen molar-refractivity contribution in [1.29, 1.82) is 0 Å². The Hall–Kier alpha value is -2.53. The van der Waals surface area contributed by atoms with Crippen LogP contribution >= 0.6 is 0 Å². The number of imidazole rings is 1. The Kier molecular flexibility index (Phi) is 5.16. The minimum absolute atomic E-state index is 0.0581. The van der Waals surface area contributed by atoms with E-state index in [0.29, 0.717) is 17.7 Å². The molecule has 11 heteroatoms. The van der Waals surface area contributed by atoms with Gasteiger partial charge in [0.15, 0.2) is 21.3 Å². The highest BCUT2D eigenvalue weighted by molar-refractivity contribution is 7.90. The molecule has 3 N–H and O–H groups in total. The number of H-pyrrole nitrogens is 1. The minimum atomic E-state index is -3.30. The first-order valence-electron chi connectivity index (χ1n) is 8.14. The molecule has 1 aromatic carbocycles. The normalized spacial score (nSPS) is 13.1. The van der Waals surface area contributed by atoms with E-state index in [1.54, 1.807) is 12.1 Å². The van der Waals surface area contributed by atoms with E-state index in [4.69, 9.17) is 5.73 Å². The van der Waals surface area contributed by atoms with Crippen molar-refractivity contribution in [2.75, 3.05) is 17.7 Å². The van der Waals surface area contributed by atoms with E-state index in [0.717, 1.165) is 6.26 Å². The van der Waals surface area contributed by atoms with Crippen molar-refractivity contribution in [2.24, 2.45) is 0 Å². The fraction of sp³-hybridized carbons (Fsp3) is 0.312. The Bertz CT molecular complexity index is 1180. The molecule has 0 bridgehead atoms. The number of anilines is 1. The van der Waals surface area contributed by atoms with E-state index in [1.807, 2.05) is 6.92 Å². The smallest absolute Gasteiger partial charge is 0.328 e. The van der Waals surface area contributed by atoms with Gasteiger partial charge in [-0.2, -0.15) is 0 Å². The lowest BCUT2D eigenvalue weighted by Crippen LogP contribution is -2.18. The van der Waals surface area contributed by atoms with Crippen LogP contribution in [-0.4, -0.2) is 44.2 Å². The fourth-order valence-corrected chi connectivity index (χ4v) is 4.15. The number of rotatable bonds is 6. The maximum atomic E-state index is 12.3. The van der Waals surface area contributed by atoms with E-state index in [1.165, 1.54) is 16.7 Å². The van der Waals surface area contributed by atoms with Gasteiger partial charge in [0, 0.05) is 12.0 Å². The highest BCUT2D eigenvalue weighted by Gasteiger charge is 2.17. The maximum absolute atomic E-state index is 12.3. The second kappa shape index (κ2) is 7.24. The zero-order chi connectivity index (χ0) is 19.8. The third kappa shape index (κ3) is 3.93. The van der Waals surface area contributed by atoms with Gasteiger partial charge in [-0.05, 0) is 24.1 Å². The van der Waals surface area contributed by atoms with Gasteiger partial charge < -0.3 is 10.7 Å². The van der Waals surface area contributed by atoms with Gasteiger partial charge in [-0.15, -0.1) is 0 Å². The van der Waals surface area contributed by atoms with Crippen LogP contribution in [-0.2, 0) is 27.2 Å². The third-order valence-corrected chi connectivity index (χ3v) is 6.41. The molecule has 0 fully saturated rings. The molecule has 0 saturated carbocycles. The van der Waals surface area contributed by atoms with Crippen LogP contribution in [0.5, 0.6) is 0 Å². The van der Waals surface area contributed by atoms with Crippen molar-refractivity contribution in [2.45, 2.75) is 29.9 Å². The van der Waals surface area contributed by atoms with E-state index in [-0.39, 0.29) is 33.6 Å². The molecule has 0 aliphatic carbocycles. The zero-order valence-electron chi connectivity index (χ0n) is 14.8. The minimum Gasteiger partial charge on any atom is -0.382 e. The van der Waals surface area contributed by atoms with Crippen LogP contribution < -0.4 is 11.4 Å². The van der Waals surface area contributed by atoms with E-state index in [2.05, 4.69) is 15.0 Å². The largest absolute Gasteiger partial charge is 0.382 e. The summed E-state index contributed by atoms with van der Waals surface area (Å²) in [5, 5.41) is 0.0852. The van der Waals surface area contributed by atoms with Crippen LogP contribution in [0.3, 0.4) is 0 Å². The van der Waals surface area contributed by atoms with Gasteiger partial charge in [-0.3, -0.25) is 8.78 Å². The van der Waals surface area contributed by atoms with Crippen molar-refractivity contribution in [3.63, 3.8) is 0 Å². The van der Waals surface area contributed by atoms with Crippen molar-refractivity contribution in [1.82, 2.24) is 19.5 Å². The number of nitrogens with two attached hydrogens (primary N) is 1. The lowest BCUT2D eigenvalue weighted by atomic mass is 10.2. The molecular weight excluding hydrogens is 390 g/mol. The zero-order valence-corrected chi connectivity index (χ0v) is 16.4. The van der Waals surface area contributed by atoms with Crippen LogP contribution in [0.2, 0.25) is 0 Å². The van der Waals surface area contributed by atoms with Gasteiger partial charge in [0.1, 0.15) is 5.52 Å². The molecule has 0 aliphatic heterocycles. The van der Waals surface area contributed by atoms with Crippen LogP contribution in [0.1, 0.15) is 18.9 Å². The number of benzene rings is 1. The number of aromatic nitrogens is 4. The predicted octanol–water partition coefficient (Wildman–Crippen LogP) is 0.671. The average Bonchev–Trinajstić information content (AvgIpc) is 2.91. The molecule has 2 heterocycles. The molecule has 3 rings (SSSR count). The SMILES string of the molecule is CCCS(=O)c1nc(N)c2[nH]c(=O)n(Cc3ccc(S(C)(=O)=O)cc3)c2n1. The van der Waals surface area contributed by atoms with Gasteiger partial charge in [-0.25, -0.2) is 23.2 Å². The second-order valence-corrected chi connectivity index (χ2v) is 9.55. The molecule has 2 aromatic heterocycles. The summed E-state index contributed by atoms with van der Waals surface area (Å²) in [6.07, 6.45) is 1.82. The van der Waals surface area contributed by atoms with Gasteiger partial charge in [0.2, 0.25) is 5.16 Å². The Balaban J connectivity index is 2.05. The van der Waals surface area contributed by atoms with Crippen LogP contribution in [0, 0.1) is 0 Å². The third-order valence-electron chi connectivity index (χ3n) is 3.92. The molecule has 0 radical (unpaired) electrons. The first kappa shape index (κ1) is 19.2. The molecule has 9 nitrogen and oxygen atoms in total. The highest BCUT2D eigenvalue weighted by Crippen LogP contribution is 2.18. The predicted molar refractivity (Wildman–Crippen MR) is 103 cm³/mol. The molecule has 144 valence electrons. The number of hydrogen-bond donors (Lipinski definition) is 2. The first-order chi connectivity index (χ1) is 12.7. The Morgan fingerprint density at radius 3 is 2.48 bits per heavy atom. The van der Waals surface area contributed by atoms with Crippen molar-refractivity contribution in [3.05, 3.63) is 40.3 Å². The van der Waals surface area contributed by atoms with Crippen LogP contribution in [0.4, 0.5) is 5.82 Å². The molecule has 27 heavy (non-hydrogen) atoms. The fourth-order valence-electron chi connectivity index (χ4n) is 2.58. The number of nitrogens with zero attached hydrogens (tertiary/aromatic N) is 3. The standard InChI is InChI=1S/C16H19N5O4S2/c1-3-8-26(23)15-19-13(17)12-14(20-15)21(16(22)18-12)9-10-4-6-11(7-5-10)27(2,24)25/h4-7H,3,8-9H2,1-2H3,(H,18,22)(H2,17,19,20). The van der Waals surface area contributed by atoms with E-state index >= 15 is 0 Å². The van der Waals surface area contributed by atoms with Gasteiger partial charge in [-0.1, -0.05) is 19.1 Å². The van der Waals surface area contributed by atoms with Gasteiger partial charge in [0.25, 0.3) is 0 Å². The summed E-state index contributed by atoms with van der Waals surface area (Å²) in [6, 6.07) is 6.22. The Morgan fingerprint density at radius 1 is 1.22 bits per heavy atom. The summed E-state index contributed by atoms with van der Waals surface area (Å²) in [7, 11) is -4.70. The summed E-state index contributed by atoms with van der Waals surface area (Å²) in [4.78, 5) is 23.5. The summed E-state index contributed by atoms with van der Waals surface area (Å²) >= 11 is 0. The second-order valence-electron chi connectivity index (χ2n) is 6.07. The average molecular weight is 409 g/mol. The molecular formula is C16H19N5O4S2. The van der Waals surface area contributed by atoms with E-state index in [9.17, 15) is 17.4 Å². The van der Waals surface area contributed by atoms with Crippen LogP contribution in [0.25, 0.3) is 11.2 Å². The number of sulfone groups is 1.